The molecule has 0 atom stereocenters. The molecule has 0 aliphatic heterocycles. The molecule has 0 bridgehead atoms. The van der Waals surface area contributed by atoms with Gasteiger partial charge in [0.2, 0.25) is 0 Å². The Labute approximate surface area is 113 Å². The number of carboxylic acids is 1. The molecule has 102 valence electrons. The monoisotopic (exact) mass is 301 g/mol. The van der Waals surface area contributed by atoms with Gasteiger partial charge in [-0.05, 0) is 12.1 Å². The van der Waals surface area contributed by atoms with Crippen molar-refractivity contribution in [2.24, 2.45) is 0 Å². The summed E-state index contributed by atoms with van der Waals surface area (Å²) in [5.41, 5.74) is 0. The number of thiophene rings is 1. The standard InChI is InChI=1S/C10H11N3O4S2/c1-2-7-11-5-9(12-7)19(16,17)13-8-4-3-6(18-8)10(14)15/h3-5,13H,2H2,1H3,(H,11,12)(H,14,15). The van der Waals surface area contributed by atoms with Crippen molar-refractivity contribution in [2.75, 3.05) is 4.72 Å². The quantitative estimate of drug-likeness (QED) is 0.775. The van der Waals surface area contributed by atoms with Crippen LogP contribution in [0.4, 0.5) is 5.00 Å². The number of hydrogen-bond acceptors (Lipinski definition) is 5. The van der Waals surface area contributed by atoms with Gasteiger partial charge >= 0.3 is 5.97 Å². The first-order chi connectivity index (χ1) is 8.92. The van der Waals surface area contributed by atoms with E-state index >= 15 is 0 Å². The maximum Gasteiger partial charge on any atom is 0.345 e. The average molecular weight is 301 g/mol. The van der Waals surface area contributed by atoms with Crippen LogP contribution in [0.15, 0.2) is 23.4 Å². The Morgan fingerprint density at radius 1 is 1.53 bits per heavy atom. The van der Waals surface area contributed by atoms with Crippen molar-refractivity contribution in [2.45, 2.75) is 18.4 Å². The Hall–Kier alpha value is -1.87. The van der Waals surface area contributed by atoms with E-state index in [2.05, 4.69) is 14.7 Å². The third-order valence-electron chi connectivity index (χ3n) is 2.28. The fourth-order valence-corrected chi connectivity index (χ4v) is 3.33. The number of nitrogens with zero attached hydrogens (tertiary/aromatic N) is 1. The SMILES string of the molecule is CCc1ncc(S(=O)(=O)Nc2ccc(C(=O)O)s2)[nH]1. The molecule has 7 nitrogen and oxygen atoms in total. The number of aromatic nitrogens is 2. The molecular formula is C10H11N3O4S2. The number of imidazole rings is 1. The van der Waals surface area contributed by atoms with Crippen molar-refractivity contribution >= 4 is 32.3 Å². The molecule has 2 heterocycles. The van der Waals surface area contributed by atoms with Crippen molar-refractivity contribution < 1.29 is 18.3 Å². The van der Waals surface area contributed by atoms with Gasteiger partial charge in [-0.3, -0.25) is 4.72 Å². The van der Waals surface area contributed by atoms with Crippen LogP contribution in [0.2, 0.25) is 0 Å². The van der Waals surface area contributed by atoms with Gasteiger partial charge in [0.15, 0.2) is 5.03 Å². The summed E-state index contributed by atoms with van der Waals surface area (Å²) < 4.78 is 26.3. The Bertz CT molecular complexity index is 702. The lowest BCUT2D eigenvalue weighted by atomic mass is 10.5. The van der Waals surface area contributed by atoms with Crippen molar-refractivity contribution in [3.63, 3.8) is 0 Å². The van der Waals surface area contributed by atoms with Gasteiger partial charge in [0.25, 0.3) is 10.0 Å². The summed E-state index contributed by atoms with van der Waals surface area (Å²) in [5, 5.41) is 8.96. The first-order valence-electron chi connectivity index (χ1n) is 5.32. The highest BCUT2D eigenvalue weighted by Crippen LogP contribution is 2.24. The van der Waals surface area contributed by atoms with E-state index < -0.39 is 16.0 Å². The third kappa shape index (κ3) is 2.93. The lowest BCUT2D eigenvalue weighted by molar-refractivity contribution is 0.0702. The Morgan fingerprint density at radius 2 is 2.26 bits per heavy atom. The summed E-state index contributed by atoms with van der Waals surface area (Å²) >= 11 is 0.851. The molecule has 0 amide bonds. The number of aromatic carboxylic acids is 1. The van der Waals surface area contributed by atoms with Crippen LogP contribution in [0.3, 0.4) is 0 Å². The summed E-state index contributed by atoms with van der Waals surface area (Å²) in [4.78, 5) is 17.4. The van der Waals surface area contributed by atoms with E-state index in [4.69, 9.17) is 5.11 Å². The summed E-state index contributed by atoms with van der Waals surface area (Å²) in [7, 11) is -3.77. The molecule has 0 aliphatic rings. The molecule has 2 rings (SSSR count). The zero-order valence-electron chi connectivity index (χ0n) is 9.87. The predicted molar refractivity (Wildman–Crippen MR) is 70.1 cm³/mol. The van der Waals surface area contributed by atoms with Gasteiger partial charge in [-0.1, -0.05) is 6.92 Å². The third-order valence-corrected chi connectivity index (χ3v) is 4.67. The van der Waals surface area contributed by atoms with Gasteiger partial charge in [-0.2, -0.15) is 8.42 Å². The van der Waals surface area contributed by atoms with E-state index in [9.17, 15) is 13.2 Å². The largest absolute Gasteiger partial charge is 0.477 e. The first kappa shape index (κ1) is 13.6. The molecule has 0 saturated carbocycles. The van der Waals surface area contributed by atoms with E-state index in [-0.39, 0.29) is 14.9 Å². The topological polar surface area (TPSA) is 112 Å². The van der Waals surface area contributed by atoms with E-state index in [1.807, 2.05) is 6.92 Å². The van der Waals surface area contributed by atoms with Gasteiger partial charge in [0, 0.05) is 6.42 Å². The summed E-state index contributed by atoms with van der Waals surface area (Å²) in [6.07, 6.45) is 1.82. The zero-order chi connectivity index (χ0) is 14.0. The molecule has 0 unspecified atom stereocenters. The second kappa shape index (κ2) is 5.02. The lowest BCUT2D eigenvalue weighted by Crippen LogP contribution is -2.12. The van der Waals surface area contributed by atoms with Crippen LogP contribution in [0.1, 0.15) is 22.4 Å². The Morgan fingerprint density at radius 3 is 2.79 bits per heavy atom. The van der Waals surface area contributed by atoms with Crippen molar-refractivity contribution in [3.05, 3.63) is 29.0 Å². The summed E-state index contributed by atoms with van der Waals surface area (Å²) in [6, 6.07) is 2.75. The second-order valence-corrected chi connectivity index (χ2v) is 6.36. The number of anilines is 1. The highest BCUT2D eigenvalue weighted by Gasteiger charge is 2.18. The normalized spacial score (nSPS) is 11.4. The minimum absolute atomic E-state index is 0.0466. The summed E-state index contributed by atoms with van der Waals surface area (Å²) in [5.74, 6) is -0.525. The van der Waals surface area contributed by atoms with Crippen LogP contribution in [-0.4, -0.2) is 29.5 Å². The number of H-pyrrole nitrogens is 1. The van der Waals surface area contributed by atoms with Gasteiger partial charge in [-0.25, -0.2) is 9.78 Å². The fourth-order valence-electron chi connectivity index (χ4n) is 1.35. The van der Waals surface area contributed by atoms with Gasteiger partial charge < -0.3 is 10.1 Å². The predicted octanol–water partition coefficient (Wildman–Crippen LogP) is 1.53. The fraction of sp³-hybridized carbons (Fsp3) is 0.200. The number of aromatic amines is 1. The summed E-state index contributed by atoms with van der Waals surface area (Å²) in [6.45, 7) is 1.85. The first-order valence-corrected chi connectivity index (χ1v) is 7.62. The van der Waals surface area contributed by atoms with Gasteiger partial charge in [0.05, 0.1) is 6.20 Å². The molecule has 9 heteroatoms. The highest BCUT2D eigenvalue weighted by atomic mass is 32.2. The van der Waals surface area contributed by atoms with E-state index in [0.29, 0.717) is 12.2 Å². The molecule has 19 heavy (non-hydrogen) atoms. The van der Waals surface area contributed by atoms with Crippen LogP contribution in [-0.2, 0) is 16.4 Å². The minimum Gasteiger partial charge on any atom is -0.477 e. The Kier molecular flexibility index (Phi) is 3.58. The number of sulfonamides is 1. The van der Waals surface area contributed by atoms with E-state index in [1.165, 1.54) is 18.3 Å². The van der Waals surface area contributed by atoms with Crippen molar-refractivity contribution in [1.82, 2.24) is 9.97 Å². The molecule has 0 aromatic carbocycles. The van der Waals surface area contributed by atoms with E-state index in [0.717, 1.165) is 11.3 Å². The second-order valence-electron chi connectivity index (χ2n) is 3.62. The number of nitrogens with one attached hydrogen (secondary N) is 2. The number of aryl methyl sites for hydroxylation is 1. The number of carbonyl (C=O) groups is 1. The molecule has 0 aliphatic carbocycles. The molecule has 0 saturated heterocycles. The molecule has 0 radical (unpaired) electrons. The Balaban J connectivity index is 2.23. The molecule has 0 fully saturated rings. The van der Waals surface area contributed by atoms with E-state index in [1.54, 1.807) is 0 Å². The smallest absolute Gasteiger partial charge is 0.345 e. The maximum atomic E-state index is 12.0. The van der Waals surface area contributed by atoms with Crippen LogP contribution in [0, 0.1) is 0 Å². The number of rotatable bonds is 5. The van der Waals surface area contributed by atoms with Gasteiger partial charge in [-0.15, -0.1) is 11.3 Å². The zero-order valence-corrected chi connectivity index (χ0v) is 11.5. The van der Waals surface area contributed by atoms with Crippen LogP contribution < -0.4 is 4.72 Å². The number of carboxylic acid groups (broad SMARTS) is 1. The number of hydrogen-bond donors (Lipinski definition) is 3. The van der Waals surface area contributed by atoms with Crippen LogP contribution >= 0.6 is 11.3 Å². The van der Waals surface area contributed by atoms with Crippen LogP contribution in [0.5, 0.6) is 0 Å². The molecule has 3 N–H and O–H groups in total. The molecule has 2 aromatic rings. The average Bonchev–Trinajstić information content (AvgIpc) is 2.96. The van der Waals surface area contributed by atoms with Crippen LogP contribution in [0.25, 0.3) is 0 Å². The lowest BCUT2D eigenvalue weighted by Gasteiger charge is -2.02. The van der Waals surface area contributed by atoms with Crippen molar-refractivity contribution in [1.29, 1.82) is 0 Å². The highest BCUT2D eigenvalue weighted by molar-refractivity contribution is 7.92. The van der Waals surface area contributed by atoms with Crippen molar-refractivity contribution in [3.8, 4) is 0 Å². The molecule has 2 aromatic heterocycles. The molecule has 0 spiro atoms. The molecular weight excluding hydrogens is 290 g/mol. The minimum atomic E-state index is -3.77. The van der Waals surface area contributed by atoms with Gasteiger partial charge in [0.1, 0.15) is 15.7 Å². The maximum absolute atomic E-state index is 12.0.